The van der Waals surface area contributed by atoms with Gasteiger partial charge < -0.3 is 5.73 Å². The Bertz CT molecular complexity index is 706. The van der Waals surface area contributed by atoms with Crippen molar-refractivity contribution < 1.29 is 8.42 Å². The highest BCUT2D eigenvalue weighted by atomic mass is 32.2. The van der Waals surface area contributed by atoms with Crippen LogP contribution in [0.2, 0.25) is 0 Å². The van der Waals surface area contributed by atoms with Crippen LogP contribution < -0.4 is 5.73 Å². The molecule has 2 aromatic rings. The summed E-state index contributed by atoms with van der Waals surface area (Å²) < 4.78 is 23.2. The first-order valence-corrected chi connectivity index (χ1v) is 8.95. The van der Waals surface area contributed by atoms with Gasteiger partial charge in [-0.3, -0.25) is 0 Å². The zero-order chi connectivity index (χ0) is 15.5. The predicted octanol–water partition coefficient (Wildman–Crippen LogP) is 3.09. The Morgan fingerprint density at radius 3 is 2.29 bits per heavy atom. The van der Waals surface area contributed by atoms with E-state index in [9.17, 15) is 8.42 Å². The zero-order valence-corrected chi connectivity index (χ0v) is 13.2. The summed E-state index contributed by atoms with van der Waals surface area (Å²) in [6.07, 6.45) is 3.37. The van der Waals surface area contributed by atoms with Gasteiger partial charge >= 0.3 is 0 Å². The lowest BCUT2D eigenvalue weighted by molar-refractivity contribution is 0.601. The second kappa shape index (κ2) is 6.41. The fourth-order valence-corrected chi connectivity index (χ4v) is 2.99. The van der Waals surface area contributed by atoms with Crippen molar-refractivity contribution in [2.24, 2.45) is 5.73 Å². The lowest BCUT2D eigenvalue weighted by Gasteiger charge is -2.14. The van der Waals surface area contributed by atoms with Crippen LogP contribution in [0.1, 0.15) is 36.1 Å². The van der Waals surface area contributed by atoms with E-state index in [-0.39, 0.29) is 6.04 Å². The summed E-state index contributed by atoms with van der Waals surface area (Å²) in [6, 6.07) is 14.7. The van der Waals surface area contributed by atoms with E-state index in [1.54, 1.807) is 18.2 Å². The van der Waals surface area contributed by atoms with Crippen LogP contribution in [0.5, 0.6) is 0 Å². The first-order chi connectivity index (χ1) is 9.91. The molecule has 21 heavy (non-hydrogen) atoms. The van der Waals surface area contributed by atoms with Crippen molar-refractivity contribution in [2.45, 2.75) is 30.7 Å². The number of nitrogens with two attached hydrogens (primary N) is 1. The monoisotopic (exact) mass is 303 g/mol. The Hall–Kier alpha value is -1.65. The van der Waals surface area contributed by atoms with E-state index in [2.05, 4.69) is 19.1 Å². The minimum Gasteiger partial charge on any atom is -0.320 e. The van der Waals surface area contributed by atoms with Gasteiger partial charge in [0.25, 0.3) is 0 Å². The molecule has 4 heteroatoms. The molecule has 0 aliphatic rings. The molecular weight excluding hydrogens is 282 g/mol. The summed E-state index contributed by atoms with van der Waals surface area (Å²) in [5, 5.41) is 0. The van der Waals surface area contributed by atoms with Gasteiger partial charge in [0.05, 0.1) is 10.9 Å². The lowest BCUT2D eigenvalue weighted by atomic mass is 9.98. The van der Waals surface area contributed by atoms with Crippen molar-refractivity contribution in [1.29, 1.82) is 0 Å². The van der Waals surface area contributed by atoms with Crippen molar-refractivity contribution in [3.63, 3.8) is 0 Å². The normalized spacial score (nSPS) is 13.1. The Labute approximate surface area is 126 Å². The standard InChI is InChI=1S/C17H21NO2S/c1-3-5-13-8-10-14(11-9-13)17(18)15-6-4-7-16(12-15)21(2,19)20/h4,6-12,17H,3,5,18H2,1-2H3. The summed E-state index contributed by atoms with van der Waals surface area (Å²) in [6.45, 7) is 2.15. The fourth-order valence-electron chi connectivity index (χ4n) is 2.31. The molecule has 0 fully saturated rings. The summed E-state index contributed by atoms with van der Waals surface area (Å²) in [4.78, 5) is 0.304. The van der Waals surface area contributed by atoms with Crippen LogP contribution in [0.3, 0.4) is 0 Å². The van der Waals surface area contributed by atoms with Crippen LogP contribution >= 0.6 is 0 Å². The molecule has 2 N–H and O–H groups in total. The second-order valence-corrected chi connectivity index (χ2v) is 7.33. The number of benzene rings is 2. The van der Waals surface area contributed by atoms with E-state index in [1.807, 2.05) is 18.2 Å². The highest BCUT2D eigenvalue weighted by Gasteiger charge is 2.13. The molecule has 2 aromatic carbocycles. The highest BCUT2D eigenvalue weighted by Crippen LogP contribution is 2.22. The Balaban J connectivity index is 2.29. The predicted molar refractivity (Wildman–Crippen MR) is 86.0 cm³/mol. The van der Waals surface area contributed by atoms with Crippen LogP contribution in [0.4, 0.5) is 0 Å². The maximum Gasteiger partial charge on any atom is 0.175 e. The number of hydrogen-bond donors (Lipinski definition) is 1. The van der Waals surface area contributed by atoms with Gasteiger partial charge in [-0.15, -0.1) is 0 Å². The van der Waals surface area contributed by atoms with Crippen molar-refractivity contribution in [3.8, 4) is 0 Å². The van der Waals surface area contributed by atoms with Crippen molar-refractivity contribution in [2.75, 3.05) is 6.26 Å². The maximum absolute atomic E-state index is 11.6. The molecule has 3 nitrogen and oxygen atoms in total. The zero-order valence-electron chi connectivity index (χ0n) is 12.4. The van der Waals surface area contributed by atoms with Gasteiger partial charge in [0.1, 0.15) is 0 Å². The third-order valence-corrected chi connectivity index (χ3v) is 4.63. The smallest absolute Gasteiger partial charge is 0.175 e. The van der Waals surface area contributed by atoms with Crippen LogP contribution in [0.25, 0.3) is 0 Å². The van der Waals surface area contributed by atoms with Crippen LogP contribution in [0, 0.1) is 0 Å². The van der Waals surface area contributed by atoms with E-state index in [1.165, 1.54) is 11.8 Å². The third-order valence-electron chi connectivity index (χ3n) is 3.52. The molecule has 2 rings (SSSR count). The first-order valence-electron chi connectivity index (χ1n) is 7.06. The summed E-state index contributed by atoms with van der Waals surface area (Å²) in [5.74, 6) is 0. The van der Waals surface area contributed by atoms with Crippen molar-refractivity contribution >= 4 is 9.84 Å². The lowest BCUT2D eigenvalue weighted by Crippen LogP contribution is -2.12. The molecule has 0 heterocycles. The van der Waals surface area contributed by atoms with E-state index >= 15 is 0 Å². The average Bonchev–Trinajstić information content (AvgIpc) is 2.47. The summed E-state index contributed by atoms with van der Waals surface area (Å²) in [5.41, 5.74) is 9.34. The molecule has 0 radical (unpaired) electrons. The highest BCUT2D eigenvalue weighted by molar-refractivity contribution is 7.90. The number of sulfone groups is 1. The molecule has 112 valence electrons. The van der Waals surface area contributed by atoms with Crippen LogP contribution in [0.15, 0.2) is 53.4 Å². The molecule has 0 aliphatic carbocycles. The molecule has 0 aromatic heterocycles. The van der Waals surface area contributed by atoms with Gasteiger partial charge in [-0.2, -0.15) is 0 Å². The molecule has 0 aliphatic heterocycles. The van der Waals surface area contributed by atoms with Gasteiger partial charge in [-0.25, -0.2) is 8.42 Å². The SMILES string of the molecule is CCCc1ccc(C(N)c2cccc(S(C)(=O)=O)c2)cc1. The minimum absolute atomic E-state index is 0.304. The Morgan fingerprint density at radius 2 is 1.71 bits per heavy atom. The van der Waals surface area contributed by atoms with Gasteiger partial charge in [-0.05, 0) is 35.2 Å². The van der Waals surface area contributed by atoms with Gasteiger partial charge in [0.15, 0.2) is 9.84 Å². The van der Waals surface area contributed by atoms with Crippen LogP contribution in [-0.2, 0) is 16.3 Å². The Morgan fingerprint density at radius 1 is 1.05 bits per heavy atom. The molecule has 0 saturated heterocycles. The van der Waals surface area contributed by atoms with Crippen LogP contribution in [-0.4, -0.2) is 14.7 Å². The summed E-state index contributed by atoms with van der Waals surface area (Å²) in [7, 11) is -3.21. The quantitative estimate of drug-likeness (QED) is 0.923. The van der Waals surface area contributed by atoms with E-state index < -0.39 is 9.84 Å². The Kier molecular flexibility index (Phi) is 4.80. The van der Waals surface area contributed by atoms with E-state index in [4.69, 9.17) is 5.73 Å². The third kappa shape index (κ3) is 3.93. The van der Waals surface area contributed by atoms with E-state index in [0.29, 0.717) is 4.90 Å². The molecular formula is C17H21NO2S. The van der Waals surface area contributed by atoms with Gasteiger partial charge in [0, 0.05) is 6.26 Å². The minimum atomic E-state index is -3.21. The molecule has 1 atom stereocenters. The first kappa shape index (κ1) is 15.7. The maximum atomic E-state index is 11.6. The van der Waals surface area contributed by atoms with Gasteiger partial charge in [-0.1, -0.05) is 49.7 Å². The van der Waals surface area contributed by atoms with Gasteiger partial charge in [0.2, 0.25) is 0 Å². The molecule has 1 unspecified atom stereocenters. The van der Waals surface area contributed by atoms with Crippen molar-refractivity contribution in [3.05, 3.63) is 65.2 Å². The van der Waals surface area contributed by atoms with E-state index in [0.717, 1.165) is 24.0 Å². The summed E-state index contributed by atoms with van der Waals surface area (Å²) >= 11 is 0. The number of rotatable bonds is 5. The largest absolute Gasteiger partial charge is 0.320 e. The number of hydrogen-bond acceptors (Lipinski definition) is 3. The van der Waals surface area contributed by atoms with Crippen molar-refractivity contribution in [1.82, 2.24) is 0 Å². The average molecular weight is 303 g/mol. The molecule has 0 amide bonds. The topological polar surface area (TPSA) is 60.2 Å². The molecule has 0 spiro atoms. The fraction of sp³-hybridized carbons (Fsp3) is 0.294. The molecule has 0 bridgehead atoms. The second-order valence-electron chi connectivity index (χ2n) is 5.31. The number of aryl methyl sites for hydroxylation is 1. The molecule has 0 saturated carbocycles.